The Bertz CT molecular complexity index is 959. The Morgan fingerprint density at radius 2 is 2.08 bits per heavy atom. The largest absolute Gasteiger partial charge is 0.462 e. The summed E-state index contributed by atoms with van der Waals surface area (Å²) in [6.07, 6.45) is 4.58. The Labute approximate surface area is 150 Å². The average molecular weight is 353 g/mol. The predicted octanol–water partition coefficient (Wildman–Crippen LogP) is 4.63. The smallest absolute Gasteiger partial charge is 0.340 e. The molecule has 3 rings (SSSR count). The van der Waals surface area contributed by atoms with Crippen molar-refractivity contribution in [3.63, 3.8) is 0 Å². The molecule has 0 aliphatic carbocycles. The summed E-state index contributed by atoms with van der Waals surface area (Å²) >= 11 is 1.58. The van der Waals surface area contributed by atoms with Gasteiger partial charge in [0.25, 0.3) is 0 Å². The first-order chi connectivity index (χ1) is 12.1. The van der Waals surface area contributed by atoms with Gasteiger partial charge >= 0.3 is 5.97 Å². The minimum Gasteiger partial charge on any atom is -0.462 e. The van der Waals surface area contributed by atoms with Gasteiger partial charge in [-0.05, 0) is 43.9 Å². The molecule has 4 nitrogen and oxygen atoms in total. The van der Waals surface area contributed by atoms with Crippen LogP contribution in [0.15, 0.2) is 47.5 Å². The highest BCUT2D eigenvalue weighted by Gasteiger charge is 2.26. The maximum Gasteiger partial charge on any atom is 0.340 e. The maximum absolute atomic E-state index is 12.7. The molecule has 0 radical (unpaired) electrons. The van der Waals surface area contributed by atoms with Crippen molar-refractivity contribution in [2.45, 2.75) is 18.7 Å². The molecule has 2 heterocycles. The lowest BCUT2D eigenvalue weighted by Gasteiger charge is -2.11. The molecule has 0 aliphatic heterocycles. The Kier molecular flexibility index (Phi) is 4.95. The Morgan fingerprint density at radius 3 is 2.76 bits per heavy atom. The topological polar surface area (TPSA) is 47.8 Å². The van der Waals surface area contributed by atoms with Crippen LogP contribution in [0.2, 0.25) is 0 Å². The molecule has 0 N–H and O–H groups in total. The molecule has 0 aliphatic rings. The first-order valence-corrected chi connectivity index (χ1v) is 9.25. The van der Waals surface area contributed by atoms with Crippen molar-refractivity contribution in [1.82, 2.24) is 4.40 Å². The molecule has 0 amide bonds. The van der Waals surface area contributed by atoms with E-state index in [4.69, 9.17) is 4.74 Å². The average Bonchev–Trinajstić information content (AvgIpc) is 2.96. The van der Waals surface area contributed by atoms with Gasteiger partial charge in [0.2, 0.25) is 0 Å². The normalized spacial score (nSPS) is 10.8. The van der Waals surface area contributed by atoms with Crippen LogP contribution < -0.4 is 0 Å². The van der Waals surface area contributed by atoms with Gasteiger partial charge in [-0.15, -0.1) is 11.8 Å². The fourth-order valence-corrected chi connectivity index (χ4v) is 3.63. The van der Waals surface area contributed by atoms with Gasteiger partial charge in [0.05, 0.1) is 23.4 Å². The second-order valence-corrected chi connectivity index (χ2v) is 6.48. The summed E-state index contributed by atoms with van der Waals surface area (Å²) in [7, 11) is 0. The van der Waals surface area contributed by atoms with E-state index in [-0.39, 0.29) is 6.61 Å². The van der Waals surface area contributed by atoms with Crippen molar-refractivity contribution in [3.05, 3.63) is 59.4 Å². The number of thioether (sulfide) groups is 1. The van der Waals surface area contributed by atoms with Crippen molar-refractivity contribution in [3.8, 4) is 11.1 Å². The second-order valence-electron chi connectivity index (χ2n) is 5.63. The van der Waals surface area contributed by atoms with Gasteiger partial charge in [-0.25, -0.2) is 4.79 Å². The molecule has 1 aromatic carbocycles. The van der Waals surface area contributed by atoms with Gasteiger partial charge in [-0.3, -0.25) is 4.79 Å². The van der Waals surface area contributed by atoms with Crippen LogP contribution in [0.4, 0.5) is 0 Å². The third kappa shape index (κ3) is 2.96. The van der Waals surface area contributed by atoms with E-state index >= 15 is 0 Å². The molecule has 2 aromatic heterocycles. The van der Waals surface area contributed by atoms with Crippen molar-refractivity contribution >= 4 is 29.5 Å². The summed E-state index contributed by atoms with van der Waals surface area (Å²) in [5.74, 6) is -0.414. The zero-order chi connectivity index (χ0) is 18.0. The molecule has 25 heavy (non-hydrogen) atoms. The third-order valence-electron chi connectivity index (χ3n) is 4.10. The van der Waals surface area contributed by atoms with E-state index in [1.165, 1.54) is 0 Å². The summed E-state index contributed by atoms with van der Waals surface area (Å²) in [6, 6.07) is 11.6. The van der Waals surface area contributed by atoms with E-state index in [1.807, 2.05) is 49.6 Å². The maximum atomic E-state index is 12.7. The molecule has 0 spiro atoms. The fraction of sp³-hybridized carbons (Fsp3) is 0.200. The van der Waals surface area contributed by atoms with Gasteiger partial charge in [0, 0.05) is 16.7 Å². The number of nitrogens with zero attached hydrogens (tertiary/aromatic N) is 1. The number of rotatable bonds is 5. The molecule has 3 aromatic rings. The number of aromatic nitrogens is 1. The third-order valence-corrected chi connectivity index (χ3v) is 4.89. The zero-order valence-corrected chi connectivity index (χ0v) is 15.2. The standard InChI is InChI=1S/C20H19NO3S/c1-4-24-20(23)19-15-7-5-6-10-21(15)16(12-22)18(19)14-11-13(2)8-9-17(14)25-3/h5-12H,4H2,1-3H3. The Hall–Kier alpha value is -2.53. The predicted molar refractivity (Wildman–Crippen MR) is 101 cm³/mol. The Morgan fingerprint density at radius 1 is 1.28 bits per heavy atom. The number of carbonyl (C=O) groups is 2. The van der Waals surface area contributed by atoms with Crippen LogP contribution in [0.1, 0.15) is 33.3 Å². The van der Waals surface area contributed by atoms with E-state index in [0.717, 1.165) is 22.3 Å². The highest BCUT2D eigenvalue weighted by molar-refractivity contribution is 7.98. The van der Waals surface area contributed by atoms with Crippen LogP contribution in [-0.4, -0.2) is 29.5 Å². The minimum atomic E-state index is -0.414. The van der Waals surface area contributed by atoms with Crippen molar-refractivity contribution in [1.29, 1.82) is 0 Å². The minimum absolute atomic E-state index is 0.280. The van der Waals surface area contributed by atoms with Gasteiger partial charge in [0.1, 0.15) is 0 Å². The Balaban J connectivity index is 2.45. The molecule has 128 valence electrons. The number of benzene rings is 1. The number of aldehydes is 1. The van der Waals surface area contributed by atoms with E-state index in [0.29, 0.717) is 22.3 Å². The fourth-order valence-electron chi connectivity index (χ4n) is 3.05. The quantitative estimate of drug-likeness (QED) is 0.381. The van der Waals surface area contributed by atoms with E-state index < -0.39 is 5.97 Å². The van der Waals surface area contributed by atoms with Crippen LogP contribution >= 0.6 is 11.8 Å². The molecule has 5 heteroatoms. The molecule has 0 unspecified atom stereocenters. The summed E-state index contributed by atoms with van der Waals surface area (Å²) in [4.78, 5) is 25.6. The number of ether oxygens (including phenoxy) is 1. The molecule has 0 bridgehead atoms. The summed E-state index contributed by atoms with van der Waals surface area (Å²) in [5.41, 5.74) is 4.14. The van der Waals surface area contributed by atoms with Crippen molar-refractivity contribution in [2.24, 2.45) is 0 Å². The molecule has 0 fully saturated rings. The number of carbonyl (C=O) groups excluding carboxylic acids is 2. The van der Waals surface area contributed by atoms with Crippen LogP contribution in [-0.2, 0) is 4.74 Å². The number of fused-ring (bicyclic) bond motifs is 1. The van der Waals surface area contributed by atoms with Crippen LogP contribution in [0.25, 0.3) is 16.6 Å². The summed E-state index contributed by atoms with van der Waals surface area (Å²) in [6.45, 7) is 4.05. The molecular formula is C20H19NO3S. The van der Waals surface area contributed by atoms with Crippen molar-refractivity contribution < 1.29 is 14.3 Å². The first kappa shape index (κ1) is 17.3. The van der Waals surface area contributed by atoms with Gasteiger partial charge in [-0.1, -0.05) is 23.8 Å². The molecule has 0 saturated heterocycles. The van der Waals surface area contributed by atoms with Gasteiger partial charge in [-0.2, -0.15) is 0 Å². The van der Waals surface area contributed by atoms with Crippen LogP contribution in [0.5, 0.6) is 0 Å². The van der Waals surface area contributed by atoms with Crippen LogP contribution in [0.3, 0.4) is 0 Å². The van der Waals surface area contributed by atoms with Gasteiger partial charge in [0.15, 0.2) is 6.29 Å². The SMILES string of the molecule is CCOC(=O)c1c(-c2cc(C)ccc2SC)c(C=O)n2ccccc12. The number of pyridine rings is 1. The second kappa shape index (κ2) is 7.15. The van der Waals surface area contributed by atoms with E-state index in [2.05, 4.69) is 0 Å². The number of esters is 1. The lowest BCUT2D eigenvalue weighted by molar-refractivity contribution is 0.0529. The van der Waals surface area contributed by atoms with Crippen molar-refractivity contribution in [2.75, 3.05) is 12.9 Å². The highest BCUT2D eigenvalue weighted by atomic mass is 32.2. The summed E-state index contributed by atoms with van der Waals surface area (Å²) < 4.78 is 7.04. The zero-order valence-electron chi connectivity index (χ0n) is 14.4. The highest BCUT2D eigenvalue weighted by Crippen LogP contribution is 2.38. The number of hydrogen-bond donors (Lipinski definition) is 0. The molecular weight excluding hydrogens is 334 g/mol. The lowest BCUT2D eigenvalue weighted by Crippen LogP contribution is -2.06. The lowest BCUT2D eigenvalue weighted by atomic mass is 9.99. The molecule has 0 saturated carbocycles. The van der Waals surface area contributed by atoms with Gasteiger partial charge < -0.3 is 9.14 Å². The van der Waals surface area contributed by atoms with Crippen LogP contribution in [0, 0.1) is 6.92 Å². The molecule has 0 atom stereocenters. The number of hydrogen-bond acceptors (Lipinski definition) is 4. The monoisotopic (exact) mass is 353 g/mol. The summed E-state index contributed by atoms with van der Waals surface area (Å²) in [5, 5.41) is 0. The van der Waals surface area contributed by atoms with E-state index in [1.54, 1.807) is 29.3 Å². The van der Waals surface area contributed by atoms with E-state index in [9.17, 15) is 9.59 Å². The number of aryl methyl sites for hydroxylation is 1. The first-order valence-electron chi connectivity index (χ1n) is 8.02.